The summed E-state index contributed by atoms with van der Waals surface area (Å²) in [4.78, 5) is 0. The zero-order valence-corrected chi connectivity index (χ0v) is 21.4. The van der Waals surface area contributed by atoms with Crippen molar-refractivity contribution in [3.05, 3.63) is 145 Å². The van der Waals surface area contributed by atoms with Crippen molar-refractivity contribution in [2.75, 3.05) is 0 Å². The molecule has 6 aromatic carbocycles. The second-order valence-electron chi connectivity index (χ2n) is 9.47. The van der Waals surface area contributed by atoms with Gasteiger partial charge in [0.15, 0.2) is 8.07 Å². The van der Waals surface area contributed by atoms with Crippen LogP contribution in [-0.4, -0.2) is 8.07 Å². The summed E-state index contributed by atoms with van der Waals surface area (Å²) in [7, 11) is -2.50. The van der Waals surface area contributed by atoms with Gasteiger partial charge in [-0.05, 0) is 60.3 Å². The Labute approximate surface area is 217 Å². The van der Waals surface area contributed by atoms with Gasteiger partial charge in [-0.25, -0.2) is 0 Å². The van der Waals surface area contributed by atoms with Crippen LogP contribution >= 0.6 is 11.6 Å². The lowest BCUT2D eigenvalue weighted by Crippen LogP contribution is -2.72. The van der Waals surface area contributed by atoms with Crippen molar-refractivity contribution in [2.24, 2.45) is 0 Å². The van der Waals surface area contributed by atoms with E-state index >= 15 is 0 Å². The zero-order chi connectivity index (χ0) is 24.1. The third-order valence-electron chi connectivity index (χ3n) is 7.60. The van der Waals surface area contributed by atoms with Gasteiger partial charge in [-0.15, -0.1) is 0 Å². The average molecular weight is 495 g/mol. The Morgan fingerprint density at radius 2 is 0.972 bits per heavy atom. The molecule has 0 saturated carbocycles. The third-order valence-corrected chi connectivity index (χ3v) is 12.8. The van der Waals surface area contributed by atoms with Gasteiger partial charge in [0, 0.05) is 10.6 Å². The first-order valence-corrected chi connectivity index (χ1v) is 14.7. The van der Waals surface area contributed by atoms with E-state index in [9.17, 15) is 0 Å². The molecule has 0 bridgehead atoms. The topological polar surface area (TPSA) is 0 Å². The molecule has 1 aliphatic heterocycles. The smallest absolute Gasteiger partial charge is 0.0836 e. The predicted octanol–water partition coefficient (Wildman–Crippen LogP) is 6.52. The maximum atomic E-state index is 6.89. The fraction of sp³-hybridized carbons (Fsp3) is 0. The summed E-state index contributed by atoms with van der Waals surface area (Å²) in [6, 6.07) is 51.0. The molecule has 0 amide bonds. The summed E-state index contributed by atoms with van der Waals surface area (Å²) in [5.74, 6) is 0. The number of halogens is 1. The van der Waals surface area contributed by atoms with Crippen molar-refractivity contribution in [3.8, 4) is 22.3 Å². The van der Waals surface area contributed by atoms with E-state index in [1.165, 1.54) is 42.8 Å². The molecule has 0 aliphatic carbocycles. The Bertz CT molecular complexity index is 1700. The van der Waals surface area contributed by atoms with Crippen LogP contribution in [0, 0.1) is 0 Å². The maximum Gasteiger partial charge on any atom is 0.180 e. The number of hydrogen-bond donors (Lipinski definition) is 0. The van der Waals surface area contributed by atoms with Crippen LogP contribution in [0.15, 0.2) is 140 Å². The number of fused-ring (bicyclic) bond motifs is 4. The number of rotatable bonds is 3. The van der Waals surface area contributed by atoms with E-state index in [2.05, 4.69) is 140 Å². The number of hydrogen-bond acceptors (Lipinski definition) is 0. The van der Waals surface area contributed by atoms with Crippen molar-refractivity contribution in [1.29, 1.82) is 0 Å². The van der Waals surface area contributed by atoms with Gasteiger partial charge in [0.2, 0.25) is 0 Å². The molecule has 6 aromatic rings. The van der Waals surface area contributed by atoms with Gasteiger partial charge in [0.05, 0.1) is 0 Å². The summed E-state index contributed by atoms with van der Waals surface area (Å²) >= 11 is 6.89. The molecule has 0 nitrogen and oxygen atoms in total. The van der Waals surface area contributed by atoms with Crippen LogP contribution in [-0.2, 0) is 0 Å². The minimum atomic E-state index is -2.50. The molecule has 0 aromatic heterocycles. The second-order valence-corrected chi connectivity index (χ2v) is 13.6. The molecule has 1 heterocycles. The molecule has 7 rings (SSSR count). The van der Waals surface area contributed by atoms with Gasteiger partial charge < -0.3 is 0 Å². The standard InChI is InChI=1S/C34H23ClSi/c35-32-22-25-12-8-7-11-24(25)21-31(32)26-19-20-30-29-17-9-10-18-33(29)36(34(30)23-26,27-13-3-1-4-14-27)28-15-5-2-6-16-28/h1-23H. The van der Waals surface area contributed by atoms with Gasteiger partial charge in [0.1, 0.15) is 0 Å². The molecule has 36 heavy (non-hydrogen) atoms. The van der Waals surface area contributed by atoms with Crippen molar-refractivity contribution in [1.82, 2.24) is 0 Å². The summed E-state index contributed by atoms with van der Waals surface area (Å²) < 4.78 is 0. The van der Waals surface area contributed by atoms with E-state index < -0.39 is 8.07 Å². The highest BCUT2D eigenvalue weighted by molar-refractivity contribution is 7.22. The Morgan fingerprint density at radius 1 is 0.417 bits per heavy atom. The zero-order valence-electron chi connectivity index (χ0n) is 19.7. The minimum absolute atomic E-state index is 0.788. The molecule has 0 saturated heterocycles. The summed E-state index contributed by atoms with van der Waals surface area (Å²) in [6.45, 7) is 0. The SMILES string of the molecule is Clc1cc2ccccc2cc1-c1ccc2c(c1)[Si](c1ccccc1)(c1ccccc1)c1ccccc1-2. The van der Waals surface area contributed by atoms with Crippen LogP contribution in [0.4, 0.5) is 0 Å². The van der Waals surface area contributed by atoms with Gasteiger partial charge >= 0.3 is 0 Å². The van der Waals surface area contributed by atoms with E-state index in [0.29, 0.717) is 0 Å². The normalized spacial score (nSPS) is 13.4. The van der Waals surface area contributed by atoms with Crippen LogP contribution < -0.4 is 20.7 Å². The van der Waals surface area contributed by atoms with E-state index in [4.69, 9.17) is 11.6 Å². The van der Waals surface area contributed by atoms with Crippen LogP contribution in [0.25, 0.3) is 33.0 Å². The Hall–Kier alpha value is -3.91. The highest BCUT2D eigenvalue weighted by Gasteiger charge is 2.48. The molecular formula is C34H23ClSi. The quantitative estimate of drug-likeness (QED) is 0.245. The van der Waals surface area contributed by atoms with Gasteiger partial charge in [-0.3, -0.25) is 0 Å². The van der Waals surface area contributed by atoms with E-state index in [-0.39, 0.29) is 0 Å². The molecule has 0 spiro atoms. The van der Waals surface area contributed by atoms with E-state index in [1.807, 2.05) is 0 Å². The lowest BCUT2D eigenvalue weighted by molar-refractivity contribution is 1.65. The van der Waals surface area contributed by atoms with Gasteiger partial charge in [-0.2, -0.15) is 0 Å². The third kappa shape index (κ3) is 3.07. The summed E-state index contributed by atoms with van der Waals surface area (Å²) in [5.41, 5.74) is 4.94. The first-order chi connectivity index (χ1) is 17.8. The lowest BCUT2D eigenvalue weighted by Gasteiger charge is -2.31. The van der Waals surface area contributed by atoms with Crippen molar-refractivity contribution in [3.63, 3.8) is 0 Å². The van der Waals surface area contributed by atoms with Crippen LogP contribution in [0.5, 0.6) is 0 Å². The molecule has 2 heteroatoms. The van der Waals surface area contributed by atoms with Gasteiger partial charge in [-0.1, -0.05) is 139 Å². The molecule has 0 radical (unpaired) electrons. The average Bonchev–Trinajstić information content (AvgIpc) is 3.24. The first-order valence-electron chi connectivity index (χ1n) is 12.3. The highest BCUT2D eigenvalue weighted by atomic mass is 35.5. The van der Waals surface area contributed by atoms with Crippen LogP contribution in [0.1, 0.15) is 0 Å². The van der Waals surface area contributed by atoms with E-state index in [0.717, 1.165) is 16.0 Å². The second kappa shape index (κ2) is 8.34. The largest absolute Gasteiger partial charge is 0.180 e. The fourth-order valence-electron chi connectivity index (χ4n) is 6.05. The van der Waals surface area contributed by atoms with Crippen molar-refractivity contribution in [2.45, 2.75) is 0 Å². The molecular weight excluding hydrogens is 472 g/mol. The summed E-state index contributed by atoms with van der Waals surface area (Å²) in [6.07, 6.45) is 0. The van der Waals surface area contributed by atoms with Crippen LogP contribution in [0.2, 0.25) is 5.02 Å². The van der Waals surface area contributed by atoms with Gasteiger partial charge in [0.25, 0.3) is 0 Å². The maximum absolute atomic E-state index is 6.89. The lowest BCUT2D eigenvalue weighted by atomic mass is 9.98. The molecule has 0 N–H and O–H groups in total. The molecule has 0 unspecified atom stereocenters. The summed E-state index contributed by atoms with van der Waals surface area (Å²) in [5, 5.41) is 8.86. The highest BCUT2D eigenvalue weighted by Crippen LogP contribution is 2.35. The molecule has 170 valence electrons. The number of benzene rings is 6. The Morgan fingerprint density at radius 3 is 1.67 bits per heavy atom. The first kappa shape index (κ1) is 21.4. The molecule has 0 fully saturated rings. The molecule has 1 aliphatic rings. The molecule has 0 atom stereocenters. The van der Waals surface area contributed by atoms with E-state index in [1.54, 1.807) is 0 Å². The monoisotopic (exact) mass is 494 g/mol. The van der Waals surface area contributed by atoms with Crippen molar-refractivity contribution >= 4 is 51.2 Å². The Balaban J connectivity index is 1.57. The Kier molecular flexibility index (Phi) is 4.95. The van der Waals surface area contributed by atoms with Crippen LogP contribution in [0.3, 0.4) is 0 Å². The van der Waals surface area contributed by atoms with Crippen molar-refractivity contribution < 1.29 is 0 Å². The predicted molar refractivity (Wildman–Crippen MR) is 157 cm³/mol. The fourth-order valence-corrected chi connectivity index (χ4v) is 11.5. The minimum Gasteiger partial charge on any atom is -0.0836 e.